The maximum atomic E-state index is 11.3. The summed E-state index contributed by atoms with van der Waals surface area (Å²) in [6.45, 7) is 5.64. The zero-order chi connectivity index (χ0) is 27.6. The molecule has 198 valence electrons. The van der Waals surface area contributed by atoms with Crippen molar-refractivity contribution in [1.29, 1.82) is 0 Å². The number of hydrogen-bond acceptors (Lipinski definition) is 5. The van der Waals surface area contributed by atoms with Crippen molar-refractivity contribution in [3.8, 4) is 0 Å². The monoisotopic (exact) mass is 556 g/mol. The fraction of sp³-hybridized carbons (Fsp3) is 0.357. The van der Waals surface area contributed by atoms with Crippen LogP contribution in [-0.4, -0.2) is 55.9 Å². The molecule has 0 bridgehead atoms. The van der Waals surface area contributed by atoms with Crippen LogP contribution in [0.2, 0.25) is 3.67 Å². The second-order valence-corrected chi connectivity index (χ2v) is 12.4. The van der Waals surface area contributed by atoms with E-state index in [1.54, 1.807) is 48.5 Å². The Labute approximate surface area is 240 Å². The second-order valence-electron chi connectivity index (χ2n) is 8.41. The van der Waals surface area contributed by atoms with Gasteiger partial charge in [0.25, 0.3) is 20.2 Å². The van der Waals surface area contributed by atoms with Gasteiger partial charge in [0, 0.05) is 5.39 Å². The third-order valence-electron chi connectivity index (χ3n) is 5.36. The topological polar surface area (TPSA) is 97.7 Å². The fourth-order valence-corrected chi connectivity index (χ4v) is 5.54. The molecular weight excluding hydrogens is 519 g/mol. The molecule has 0 heterocycles. The van der Waals surface area contributed by atoms with E-state index in [0.717, 1.165) is 5.39 Å². The summed E-state index contributed by atoms with van der Waals surface area (Å²) in [5.74, 6) is 0. The van der Waals surface area contributed by atoms with Gasteiger partial charge in [-0.05, 0) is 23.6 Å². The summed E-state index contributed by atoms with van der Waals surface area (Å²) in [6.07, 6.45) is 11.6. The molecule has 0 radical (unpaired) electrons. The van der Waals surface area contributed by atoms with Gasteiger partial charge in [-0.3, -0.25) is 8.74 Å². The van der Waals surface area contributed by atoms with E-state index in [1.807, 2.05) is 6.07 Å². The van der Waals surface area contributed by atoms with E-state index in [4.69, 9.17) is 4.55 Å². The van der Waals surface area contributed by atoms with Crippen molar-refractivity contribution in [2.75, 3.05) is 6.61 Å². The first-order valence-electron chi connectivity index (χ1n) is 12.7. The summed E-state index contributed by atoms with van der Waals surface area (Å²) in [7, 11) is -7.72. The van der Waals surface area contributed by atoms with Crippen molar-refractivity contribution in [2.45, 2.75) is 65.3 Å². The Bertz CT molecular complexity index is 1250. The van der Waals surface area contributed by atoms with E-state index in [9.17, 15) is 16.8 Å². The first-order chi connectivity index (χ1) is 17.7. The molecule has 0 atom stereocenters. The Morgan fingerprint density at radius 2 is 1.38 bits per heavy atom. The van der Waals surface area contributed by atoms with Crippen LogP contribution in [0.4, 0.5) is 0 Å². The Balaban J connectivity index is 0.000000283. The Hall–Kier alpha value is -1.52. The van der Waals surface area contributed by atoms with Crippen LogP contribution in [0.5, 0.6) is 0 Å². The molecular formula is C28H37NaO6S2. The van der Waals surface area contributed by atoms with Gasteiger partial charge in [-0.25, -0.2) is 0 Å². The third kappa shape index (κ3) is 13.7. The molecule has 0 aliphatic carbocycles. The van der Waals surface area contributed by atoms with Gasteiger partial charge in [-0.1, -0.05) is 60.7 Å². The summed E-state index contributed by atoms with van der Waals surface area (Å²) in [6, 6.07) is 19.8. The summed E-state index contributed by atoms with van der Waals surface area (Å²) >= 11 is 1.41. The predicted molar refractivity (Wildman–Crippen MR) is 152 cm³/mol. The van der Waals surface area contributed by atoms with E-state index in [1.165, 1.54) is 101 Å². The van der Waals surface area contributed by atoms with Crippen molar-refractivity contribution < 1.29 is 25.6 Å². The van der Waals surface area contributed by atoms with Crippen molar-refractivity contribution in [2.24, 2.45) is 0 Å². The molecule has 0 saturated heterocycles. The number of rotatable bonds is 12. The van der Waals surface area contributed by atoms with E-state index in [2.05, 4.69) is 17.7 Å². The molecule has 37 heavy (non-hydrogen) atoms. The maximum Gasteiger partial charge on any atom is 0.295 e. The zero-order valence-electron chi connectivity index (χ0n) is 21.9. The summed E-state index contributed by atoms with van der Waals surface area (Å²) in [4.78, 5) is 0.118. The quantitative estimate of drug-likeness (QED) is 0.0849. The van der Waals surface area contributed by atoms with Gasteiger partial charge in [-0.15, -0.1) is 6.58 Å². The van der Waals surface area contributed by atoms with Crippen LogP contribution in [0.1, 0.15) is 51.9 Å². The van der Waals surface area contributed by atoms with Gasteiger partial charge in [-0.2, -0.15) is 16.8 Å². The first-order valence-corrected chi connectivity index (χ1v) is 16.9. The molecule has 9 heteroatoms. The van der Waals surface area contributed by atoms with Crippen LogP contribution < -0.4 is 0 Å². The van der Waals surface area contributed by atoms with Gasteiger partial charge in [0.15, 0.2) is 0 Å². The second kappa shape index (κ2) is 18.7. The van der Waals surface area contributed by atoms with Crippen LogP contribution >= 0.6 is 0 Å². The minimum atomic E-state index is -4.13. The molecule has 1 N–H and O–H groups in total. The average molecular weight is 557 g/mol. The van der Waals surface area contributed by atoms with E-state index < -0.39 is 20.2 Å². The summed E-state index contributed by atoms with van der Waals surface area (Å²) in [5.41, 5.74) is 0. The summed E-state index contributed by atoms with van der Waals surface area (Å²) < 4.78 is 59.7. The molecule has 0 aromatic heterocycles. The van der Waals surface area contributed by atoms with Crippen LogP contribution in [0.3, 0.4) is 0 Å². The molecule has 0 aliphatic heterocycles. The fourth-order valence-electron chi connectivity index (χ4n) is 3.42. The molecule has 3 aromatic rings. The van der Waals surface area contributed by atoms with Gasteiger partial charge >= 0.3 is 83.5 Å². The van der Waals surface area contributed by atoms with E-state index >= 15 is 0 Å². The van der Waals surface area contributed by atoms with E-state index in [-0.39, 0.29) is 16.4 Å². The number of unbranched alkanes of at least 4 members (excludes halogenated alkanes) is 6. The van der Waals surface area contributed by atoms with Gasteiger partial charge in [0.2, 0.25) is 0 Å². The smallest absolute Gasteiger partial charge is 0.282 e. The van der Waals surface area contributed by atoms with Gasteiger partial charge < -0.3 is 0 Å². The number of hydrogen-bond donors (Lipinski definition) is 1. The van der Waals surface area contributed by atoms with Crippen LogP contribution in [0.25, 0.3) is 10.8 Å². The molecule has 0 aliphatic rings. The SMILES string of the molecule is C=CCOS(=O)(=O)c1ccccc1.CCCCCCCC[CH2][Na].O=S(=O)(O)c1cccc2ccccc12. The zero-order valence-corrected chi connectivity index (χ0v) is 25.5. The predicted octanol–water partition coefficient (Wildman–Crippen LogP) is 6.99. The van der Waals surface area contributed by atoms with Crippen molar-refractivity contribution in [3.63, 3.8) is 0 Å². The molecule has 0 unspecified atom stereocenters. The molecule has 0 amide bonds. The van der Waals surface area contributed by atoms with Gasteiger partial charge in [0.1, 0.15) is 4.90 Å². The van der Waals surface area contributed by atoms with Crippen molar-refractivity contribution in [1.82, 2.24) is 0 Å². The van der Waals surface area contributed by atoms with Crippen LogP contribution in [0.15, 0.2) is 95.2 Å². The average Bonchev–Trinajstić information content (AvgIpc) is 2.90. The maximum absolute atomic E-state index is 11.3. The van der Waals surface area contributed by atoms with Crippen molar-refractivity contribution >= 4 is 58.9 Å². The minimum absolute atomic E-state index is 0.00275. The molecule has 0 fully saturated rings. The first kappa shape index (κ1) is 33.5. The Kier molecular flexibility index (Phi) is 16.9. The number of benzene rings is 3. The molecule has 0 spiro atoms. The van der Waals surface area contributed by atoms with Gasteiger partial charge in [0.05, 0.1) is 11.5 Å². The normalized spacial score (nSPS) is 11.1. The van der Waals surface area contributed by atoms with Crippen molar-refractivity contribution in [3.05, 3.63) is 85.5 Å². The third-order valence-corrected chi connectivity index (χ3v) is 8.27. The Morgan fingerprint density at radius 1 is 0.811 bits per heavy atom. The van der Waals surface area contributed by atoms with E-state index in [0.29, 0.717) is 5.39 Å². The minimum Gasteiger partial charge on any atom is -0.282 e. The molecule has 3 rings (SSSR count). The Morgan fingerprint density at radius 3 is 1.97 bits per heavy atom. The molecule has 6 nitrogen and oxygen atoms in total. The standard InChI is InChI=1S/C10H8O3S.C9H10O3S.C9H19.Na/c11-14(12,13)10-7-3-5-8-4-1-2-6-9(8)10;1-2-8-12-13(10,11)9-6-4-3-5-7-9;1-3-5-7-9-8-6-4-2;/h1-7H,(H,11,12,13);2-7H,1,8H2;1,3-9H2,2H3;. The molecule has 3 aromatic carbocycles. The molecule has 0 saturated carbocycles. The summed E-state index contributed by atoms with van der Waals surface area (Å²) in [5, 5.41) is 1.33. The number of fused-ring (bicyclic) bond motifs is 1. The van der Waals surface area contributed by atoms with Crippen LogP contribution in [0, 0.1) is 0 Å². The van der Waals surface area contributed by atoms with Crippen LogP contribution in [-0.2, 0) is 24.4 Å². The largest absolute Gasteiger partial charge is 0.295 e.